The average Bonchev–Trinajstić information content (AvgIpc) is 2.36. The number of ether oxygens (including phenoxy) is 2. The molecule has 20 heavy (non-hydrogen) atoms. The number of rotatable bonds is 8. The van der Waals surface area contributed by atoms with Gasteiger partial charge in [0.15, 0.2) is 5.72 Å². The second kappa shape index (κ2) is 7.85. The van der Waals surface area contributed by atoms with Gasteiger partial charge in [-0.25, -0.2) is 9.59 Å². The third kappa shape index (κ3) is 5.17. The molecular weight excluding hydrogens is 258 g/mol. The van der Waals surface area contributed by atoms with Gasteiger partial charge in [-0.1, -0.05) is 27.0 Å². The van der Waals surface area contributed by atoms with Crippen LogP contribution in [0.2, 0.25) is 0 Å². The van der Waals surface area contributed by atoms with Crippen molar-refractivity contribution in [3.63, 3.8) is 0 Å². The summed E-state index contributed by atoms with van der Waals surface area (Å²) in [7, 11) is 0. The summed E-state index contributed by atoms with van der Waals surface area (Å²) in [5, 5.41) is 0. The normalized spacial score (nSPS) is 13.5. The van der Waals surface area contributed by atoms with E-state index in [0.717, 1.165) is 0 Å². The van der Waals surface area contributed by atoms with Crippen LogP contribution in [0.1, 0.15) is 34.6 Å². The first-order valence-electron chi connectivity index (χ1n) is 6.64. The molecular formula is C15H25NO4. The van der Waals surface area contributed by atoms with Crippen molar-refractivity contribution in [3.05, 3.63) is 24.3 Å². The maximum Gasteiger partial charge on any atom is 0.334 e. The van der Waals surface area contributed by atoms with Crippen molar-refractivity contribution in [2.75, 3.05) is 19.7 Å². The molecule has 1 unspecified atom stereocenters. The molecule has 0 bridgehead atoms. The van der Waals surface area contributed by atoms with Crippen molar-refractivity contribution in [3.8, 4) is 0 Å². The summed E-state index contributed by atoms with van der Waals surface area (Å²) in [6.45, 7) is 17.1. The van der Waals surface area contributed by atoms with Crippen LogP contribution in [0.5, 0.6) is 0 Å². The van der Waals surface area contributed by atoms with Gasteiger partial charge in [0.05, 0.1) is 0 Å². The lowest BCUT2D eigenvalue weighted by Crippen LogP contribution is -2.53. The first-order chi connectivity index (χ1) is 9.17. The van der Waals surface area contributed by atoms with Gasteiger partial charge in [-0.05, 0) is 33.9 Å². The van der Waals surface area contributed by atoms with Gasteiger partial charge >= 0.3 is 11.9 Å². The molecule has 0 aliphatic heterocycles. The molecule has 0 radical (unpaired) electrons. The molecule has 0 aromatic heterocycles. The van der Waals surface area contributed by atoms with Gasteiger partial charge in [0.1, 0.15) is 6.61 Å². The van der Waals surface area contributed by atoms with Crippen molar-refractivity contribution in [2.24, 2.45) is 0 Å². The van der Waals surface area contributed by atoms with Crippen LogP contribution >= 0.6 is 0 Å². The van der Waals surface area contributed by atoms with E-state index in [4.69, 9.17) is 9.47 Å². The minimum Gasteiger partial charge on any atom is -0.457 e. The predicted molar refractivity (Wildman–Crippen MR) is 78.0 cm³/mol. The van der Waals surface area contributed by atoms with Gasteiger partial charge in [0.25, 0.3) is 0 Å². The lowest BCUT2D eigenvalue weighted by atomic mass is 10.2. The summed E-state index contributed by atoms with van der Waals surface area (Å²) in [5.74, 6) is -1.01. The third-order valence-electron chi connectivity index (χ3n) is 2.91. The lowest BCUT2D eigenvalue weighted by Gasteiger charge is -2.38. The molecule has 0 spiro atoms. The van der Waals surface area contributed by atoms with Crippen molar-refractivity contribution < 1.29 is 19.1 Å². The Hall–Kier alpha value is -1.62. The topological polar surface area (TPSA) is 55.8 Å². The fraction of sp³-hybridized carbons (Fsp3) is 0.600. The van der Waals surface area contributed by atoms with Gasteiger partial charge < -0.3 is 9.47 Å². The summed E-state index contributed by atoms with van der Waals surface area (Å²) in [6.07, 6.45) is 0. The van der Waals surface area contributed by atoms with Gasteiger partial charge in [-0.3, -0.25) is 4.90 Å². The third-order valence-corrected chi connectivity index (χ3v) is 2.91. The number of hydrogen-bond donors (Lipinski definition) is 0. The van der Waals surface area contributed by atoms with Crippen LogP contribution in [0.25, 0.3) is 0 Å². The first-order valence-corrected chi connectivity index (χ1v) is 6.64. The van der Waals surface area contributed by atoms with E-state index >= 15 is 0 Å². The highest BCUT2D eigenvalue weighted by Gasteiger charge is 2.36. The summed E-state index contributed by atoms with van der Waals surface area (Å²) in [6, 6.07) is 0. The number of hydrogen-bond acceptors (Lipinski definition) is 5. The summed E-state index contributed by atoms with van der Waals surface area (Å²) >= 11 is 0. The van der Waals surface area contributed by atoms with Crippen molar-refractivity contribution in [2.45, 2.75) is 40.3 Å². The molecule has 0 aliphatic rings. The maximum absolute atomic E-state index is 11.8. The molecule has 0 heterocycles. The van der Waals surface area contributed by atoms with Crippen LogP contribution in [0.3, 0.4) is 0 Å². The van der Waals surface area contributed by atoms with E-state index in [-0.39, 0.29) is 6.61 Å². The van der Waals surface area contributed by atoms with Crippen LogP contribution in [0.4, 0.5) is 0 Å². The Kier molecular flexibility index (Phi) is 7.21. The molecule has 0 aromatic carbocycles. The number of esters is 2. The van der Waals surface area contributed by atoms with Crippen LogP contribution in [-0.2, 0) is 19.1 Å². The van der Waals surface area contributed by atoms with Gasteiger partial charge in [-0.2, -0.15) is 0 Å². The number of nitrogens with zero attached hydrogens (tertiary/aromatic N) is 1. The average molecular weight is 283 g/mol. The molecule has 0 aromatic rings. The van der Waals surface area contributed by atoms with E-state index in [1.807, 2.05) is 18.7 Å². The molecule has 1 atom stereocenters. The molecule has 0 saturated carbocycles. The van der Waals surface area contributed by atoms with Crippen LogP contribution < -0.4 is 0 Å². The second-order valence-corrected chi connectivity index (χ2v) is 4.87. The van der Waals surface area contributed by atoms with E-state index in [0.29, 0.717) is 24.2 Å². The minimum absolute atomic E-state index is 0.0562. The van der Waals surface area contributed by atoms with Crippen LogP contribution in [0, 0.1) is 0 Å². The predicted octanol–water partition coefficient (Wildman–Crippen LogP) is 2.28. The van der Waals surface area contributed by atoms with Crippen molar-refractivity contribution >= 4 is 11.9 Å². The molecule has 0 fully saturated rings. The van der Waals surface area contributed by atoms with Crippen molar-refractivity contribution in [1.29, 1.82) is 0 Å². The zero-order valence-corrected chi connectivity index (χ0v) is 13.1. The fourth-order valence-electron chi connectivity index (χ4n) is 1.69. The van der Waals surface area contributed by atoms with Gasteiger partial charge in [0, 0.05) is 11.1 Å². The molecule has 0 N–H and O–H groups in total. The number of likely N-dealkylation sites (N-methyl/N-ethyl adjacent to an activating group) is 1. The van der Waals surface area contributed by atoms with Crippen molar-refractivity contribution in [1.82, 2.24) is 4.90 Å². The van der Waals surface area contributed by atoms with E-state index in [9.17, 15) is 9.59 Å². The quantitative estimate of drug-likeness (QED) is 0.388. The Bertz CT molecular complexity index is 399. The second-order valence-electron chi connectivity index (χ2n) is 4.87. The Morgan fingerprint density at radius 3 is 1.85 bits per heavy atom. The molecule has 0 rings (SSSR count). The Morgan fingerprint density at radius 1 is 1.05 bits per heavy atom. The molecule has 0 saturated heterocycles. The molecule has 0 amide bonds. The highest BCUT2D eigenvalue weighted by atomic mass is 16.6. The monoisotopic (exact) mass is 283 g/mol. The van der Waals surface area contributed by atoms with E-state index in [1.54, 1.807) is 20.8 Å². The summed E-state index contributed by atoms with van der Waals surface area (Å²) in [4.78, 5) is 25.2. The van der Waals surface area contributed by atoms with Crippen LogP contribution in [-0.4, -0.2) is 42.3 Å². The van der Waals surface area contributed by atoms with Gasteiger partial charge in [-0.15, -0.1) is 0 Å². The standard InChI is InChI=1S/C15H25NO4/c1-8-16(9-2)15(7,20-14(18)12(5)6)10-19-13(17)11(3)4/h3,5,8-10H2,1-2,4,6-7H3. The Labute approximate surface area is 121 Å². The summed E-state index contributed by atoms with van der Waals surface area (Å²) in [5.41, 5.74) is -0.419. The zero-order chi connectivity index (χ0) is 15.9. The highest BCUT2D eigenvalue weighted by Crippen LogP contribution is 2.19. The molecule has 5 nitrogen and oxygen atoms in total. The number of carbonyl (C=O) groups excluding carboxylic acids is 2. The molecule has 5 heteroatoms. The smallest absolute Gasteiger partial charge is 0.334 e. The lowest BCUT2D eigenvalue weighted by molar-refractivity contribution is -0.192. The largest absolute Gasteiger partial charge is 0.457 e. The first kappa shape index (κ1) is 18.4. The van der Waals surface area contributed by atoms with E-state index in [1.165, 1.54) is 0 Å². The highest BCUT2D eigenvalue weighted by molar-refractivity contribution is 5.88. The Balaban J connectivity index is 5.05. The van der Waals surface area contributed by atoms with Gasteiger partial charge in [0.2, 0.25) is 0 Å². The molecule has 114 valence electrons. The zero-order valence-electron chi connectivity index (χ0n) is 13.1. The summed E-state index contributed by atoms with van der Waals surface area (Å²) < 4.78 is 10.6. The SMILES string of the molecule is C=C(C)C(=O)OCC(C)(OC(=O)C(=C)C)N(CC)CC. The number of carbonyl (C=O) groups is 2. The maximum atomic E-state index is 11.8. The minimum atomic E-state index is -1.02. The van der Waals surface area contributed by atoms with E-state index in [2.05, 4.69) is 13.2 Å². The van der Waals surface area contributed by atoms with E-state index < -0.39 is 17.7 Å². The Morgan fingerprint density at radius 2 is 1.50 bits per heavy atom. The van der Waals surface area contributed by atoms with Crippen LogP contribution in [0.15, 0.2) is 24.3 Å². The fourth-order valence-corrected chi connectivity index (χ4v) is 1.69. The molecule has 0 aliphatic carbocycles.